The van der Waals surface area contributed by atoms with Gasteiger partial charge in [0.1, 0.15) is 5.75 Å². The average molecular weight is 438 g/mol. The van der Waals surface area contributed by atoms with E-state index in [4.69, 9.17) is 9.47 Å². The van der Waals surface area contributed by atoms with Crippen LogP contribution in [-0.2, 0) is 21.3 Å². The first kappa shape index (κ1) is 22.2. The maximum atomic E-state index is 13.1. The third-order valence-electron chi connectivity index (χ3n) is 4.83. The van der Waals surface area contributed by atoms with Gasteiger partial charge in [0, 0.05) is 26.2 Å². The Morgan fingerprint density at radius 3 is 2.77 bits per heavy atom. The second-order valence-corrected chi connectivity index (χ2v) is 8.78. The molecule has 1 N–H and O–H groups in total. The molecule has 30 heavy (non-hydrogen) atoms. The van der Waals surface area contributed by atoms with Gasteiger partial charge in [-0.05, 0) is 44.0 Å². The quantitative estimate of drug-likeness (QED) is 0.549. The van der Waals surface area contributed by atoms with E-state index < -0.39 is 10.0 Å². The highest BCUT2D eigenvalue weighted by Crippen LogP contribution is 2.28. The van der Waals surface area contributed by atoms with Gasteiger partial charge in [0.05, 0.1) is 30.9 Å². The fraction of sp³-hybridized carbons (Fsp3) is 0.526. The number of sulfonamides is 1. The van der Waals surface area contributed by atoms with E-state index in [1.165, 1.54) is 15.2 Å². The van der Waals surface area contributed by atoms with Crippen LogP contribution in [0.1, 0.15) is 30.3 Å². The van der Waals surface area contributed by atoms with Gasteiger partial charge in [0.15, 0.2) is 5.69 Å². The van der Waals surface area contributed by atoms with Crippen LogP contribution in [0.4, 0.5) is 0 Å². The summed E-state index contributed by atoms with van der Waals surface area (Å²) in [5, 5.41) is 10.6. The molecule has 1 atom stereocenters. The van der Waals surface area contributed by atoms with Crippen LogP contribution in [0.5, 0.6) is 5.75 Å². The zero-order valence-corrected chi connectivity index (χ0v) is 18.0. The monoisotopic (exact) mass is 437 g/mol. The molecule has 2 heterocycles. The Balaban J connectivity index is 1.67. The van der Waals surface area contributed by atoms with Crippen molar-refractivity contribution in [2.45, 2.75) is 37.2 Å². The van der Waals surface area contributed by atoms with Gasteiger partial charge in [-0.25, -0.2) is 8.42 Å². The highest BCUT2D eigenvalue weighted by molar-refractivity contribution is 7.89. The lowest BCUT2D eigenvalue weighted by atomic mass is 10.2. The predicted molar refractivity (Wildman–Crippen MR) is 109 cm³/mol. The Morgan fingerprint density at radius 1 is 1.30 bits per heavy atom. The molecule has 164 valence electrons. The van der Waals surface area contributed by atoms with Crippen molar-refractivity contribution in [3.05, 3.63) is 36.2 Å². The lowest BCUT2D eigenvalue weighted by Crippen LogP contribution is -2.38. The summed E-state index contributed by atoms with van der Waals surface area (Å²) in [6, 6.07) is 6.19. The number of benzene rings is 1. The lowest BCUT2D eigenvalue weighted by molar-refractivity contribution is 0.0932. The second kappa shape index (κ2) is 10.0. The zero-order chi connectivity index (χ0) is 21.6. The first-order chi connectivity index (χ1) is 14.5. The SMILES string of the molecule is CCOc1ccc(S(=O)(=O)N2CCC[C@H]2Cn2cc(C(=O)NCCOC)nn2)cc1. The highest BCUT2D eigenvalue weighted by Gasteiger charge is 2.35. The minimum Gasteiger partial charge on any atom is -0.494 e. The van der Waals surface area contributed by atoms with Crippen molar-refractivity contribution in [1.82, 2.24) is 24.6 Å². The number of carbonyl (C=O) groups excluding carboxylic acids is 1. The third-order valence-corrected chi connectivity index (χ3v) is 6.79. The normalized spacial score (nSPS) is 17.2. The van der Waals surface area contributed by atoms with Crippen LogP contribution in [0.3, 0.4) is 0 Å². The number of hydrogen-bond acceptors (Lipinski definition) is 7. The third kappa shape index (κ3) is 5.15. The number of amides is 1. The largest absolute Gasteiger partial charge is 0.494 e. The Kier molecular flexibility index (Phi) is 7.40. The van der Waals surface area contributed by atoms with Crippen molar-refractivity contribution in [1.29, 1.82) is 0 Å². The molecular weight excluding hydrogens is 410 g/mol. The standard InChI is InChI=1S/C19H27N5O5S/c1-3-29-16-6-8-17(9-7-16)30(26,27)24-11-4-5-15(24)13-23-14-18(21-22-23)19(25)20-10-12-28-2/h6-9,14-15H,3-5,10-13H2,1-2H3,(H,20,25)/t15-/m0/s1. The van der Waals surface area contributed by atoms with Crippen molar-refractivity contribution >= 4 is 15.9 Å². The maximum Gasteiger partial charge on any atom is 0.273 e. The number of nitrogens with one attached hydrogen (secondary N) is 1. The summed E-state index contributed by atoms with van der Waals surface area (Å²) >= 11 is 0. The van der Waals surface area contributed by atoms with Crippen LogP contribution >= 0.6 is 0 Å². The van der Waals surface area contributed by atoms with E-state index in [9.17, 15) is 13.2 Å². The van der Waals surface area contributed by atoms with Crippen LogP contribution in [0, 0.1) is 0 Å². The fourth-order valence-corrected chi connectivity index (χ4v) is 5.07. The molecule has 10 nitrogen and oxygen atoms in total. The highest BCUT2D eigenvalue weighted by atomic mass is 32.2. The minimum absolute atomic E-state index is 0.185. The molecule has 1 amide bonds. The Hall–Kier alpha value is -2.50. The molecule has 1 aliphatic rings. The zero-order valence-electron chi connectivity index (χ0n) is 17.2. The summed E-state index contributed by atoms with van der Waals surface area (Å²) < 4.78 is 39.6. The summed E-state index contributed by atoms with van der Waals surface area (Å²) in [5.41, 5.74) is 0.185. The summed E-state index contributed by atoms with van der Waals surface area (Å²) in [7, 11) is -2.09. The number of rotatable bonds is 10. The Bertz CT molecular complexity index is 944. The van der Waals surface area contributed by atoms with Crippen LogP contribution in [0.25, 0.3) is 0 Å². The number of methoxy groups -OCH3 is 1. The van der Waals surface area contributed by atoms with Gasteiger partial charge in [-0.15, -0.1) is 5.10 Å². The van der Waals surface area contributed by atoms with E-state index in [0.717, 1.165) is 6.42 Å². The molecule has 11 heteroatoms. The van der Waals surface area contributed by atoms with Crippen molar-refractivity contribution in [3.63, 3.8) is 0 Å². The van der Waals surface area contributed by atoms with E-state index in [0.29, 0.717) is 45.0 Å². The first-order valence-electron chi connectivity index (χ1n) is 9.87. The molecule has 0 radical (unpaired) electrons. The lowest BCUT2D eigenvalue weighted by Gasteiger charge is -2.24. The van der Waals surface area contributed by atoms with Crippen molar-refractivity contribution in [2.75, 3.05) is 33.4 Å². The van der Waals surface area contributed by atoms with E-state index in [1.54, 1.807) is 31.4 Å². The van der Waals surface area contributed by atoms with Gasteiger partial charge in [-0.1, -0.05) is 5.21 Å². The maximum absolute atomic E-state index is 13.1. The molecule has 0 unspecified atom stereocenters. The molecule has 0 saturated carbocycles. The van der Waals surface area contributed by atoms with E-state index in [1.807, 2.05) is 6.92 Å². The van der Waals surface area contributed by atoms with E-state index >= 15 is 0 Å². The number of nitrogens with zero attached hydrogens (tertiary/aromatic N) is 4. The Labute approximate surface area is 176 Å². The number of aromatic nitrogens is 3. The summed E-state index contributed by atoms with van der Waals surface area (Å²) in [4.78, 5) is 12.3. The molecule has 1 aromatic heterocycles. The van der Waals surface area contributed by atoms with Crippen LogP contribution < -0.4 is 10.1 Å². The van der Waals surface area contributed by atoms with Crippen LogP contribution in [0.15, 0.2) is 35.4 Å². The molecule has 1 aromatic carbocycles. The van der Waals surface area contributed by atoms with Gasteiger partial charge >= 0.3 is 0 Å². The fourth-order valence-electron chi connectivity index (χ4n) is 3.38. The molecule has 2 aromatic rings. The first-order valence-corrected chi connectivity index (χ1v) is 11.3. The van der Waals surface area contributed by atoms with Gasteiger partial charge in [0.25, 0.3) is 5.91 Å². The van der Waals surface area contributed by atoms with Crippen LogP contribution in [-0.4, -0.2) is 73.1 Å². The summed E-state index contributed by atoms with van der Waals surface area (Å²) in [5.74, 6) is 0.289. The van der Waals surface area contributed by atoms with Crippen molar-refractivity contribution in [3.8, 4) is 5.75 Å². The molecular formula is C19H27N5O5S. The predicted octanol–water partition coefficient (Wildman–Crippen LogP) is 0.906. The van der Waals surface area contributed by atoms with Crippen molar-refractivity contribution in [2.24, 2.45) is 0 Å². The smallest absolute Gasteiger partial charge is 0.273 e. The molecule has 3 rings (SSSR count). The molecule has 1 aliphatic heterocycles. The molecule has 1 saturated heterocycles. The number of hydrogen-bond donors (Lipinski definition) is 1. The molecule has 1 fully saturated rings. The minimum atomic E-state index is -3.64. The number of carbonyl (C=O) groups is 1. The molecule has 0 aliphatic carbocycles. The summed E-state index contributed by atoms with van der Waals surface area (Å²) in [6.07, 6.45) is 3.01. The Morgan fingerprint density at radius 2 is 2.07 bits per heavy atom. The van der Waals surface area contributed by atoms with E-state index in [-0.39, 0.29) is 22.5 Å². The van der Waals surface area contributed by atoms with Gasteiger partial charge in [0.2, 0.25) is 10.0 Å². The van der Waals surface area contributed by atoms with Crippen molar-refractivity contribution < 1.29 is 22.7 Å². The van der Waals surface area contributed by atoms with E-state index in [2.05, 4.69) is 15.6 Å². The van der Waals surface area contributed by atoms with Gasteiger partial charge in [-0.3, -0.25) is 9.48 Å². The average Bonchev–Trinajstić information content (AvgIpc) is 3.39. The second-order valence-electron chi connectivity index (χ2n) is 6.89. The number of ether oxygens (including phenoxy) is 2. The topological polar surface area (TPSA) is 116 Å². The van der Waals surface area contributed by atoms with Crippen LogP contribution in [0.2, 0.25) is 0 Å². The molecule has 0 spiro atoms. The molecule has 0 bridgehead atoms. The summed E-state index contributed by atoms with van der Waals surface area (Å²) in [6.45, 7) is 3.94. The van der Waals surface area contributed by atoms with Gasteiger partial charge in [-0.2, -0.15) is 4.31 Å². The van der Waals surface area contributed by atoms with Gasteiger partial charge < -0.3 is 14.8 Å².